The van der Waals surface area contributed by atoms with E-state index in [2.05, 4.69) is 15.7 Å². The fourth-order valence-corrected chi connectivity index (χ4v) is 3.10. The molecule has 0 aromatic heterocycles. The number of hydrogen-bond acceptors (Lipinski definition) is 2. The molecule has 0 heterocycles. The molecule has 1 aliphatic carbocycles. The number of carbonyl (C=O) groups is 1. The van der Waals surface area contributed by atoms with E-state index < -0.39 is 0 Å². The molecule has 1 atom stereocenters. The van der Waals surface area contributed by atoms with Crippen LogP contribution in [0.5, 0.6) is 0 Å². The van der Waals surface area contributed by atoms with Crippen LogP contribution in [0.3, 0.4) is 0 Å². The summed E-state index contributed by atoms with van der Waals surface area (Å²) in [5.74, 6) is 0. The molecule has 1 saturated carbocycles. The summed E-state index contributed by atoms with van der Waals surface area (Å²) in [4.78, 5) is 12.0. The molecule has 0 aliphatic heterocycles. The van der Waals surface area contributed by atoms with Crippen molar-refractivity contribution in [3.05, 3.63) is 35.2 Å². The van der Waals surface area contributed by atoms with Crippen LogP contribution < -0.4 is 18.9 Å². The second kappa shape index (κ2) is 10.4. The van der Waals surface area contributed by atoms with E-state index in [4.69, 9.17) is 11.6 Å². The van der Waals surface area contributed by atoms with Crippen LogP contribution in [0.15, 0.2) is 23.1 Å². The van der Waals surface area contributed by atoms with Gasteiger partial charge in [-0.1, -0.05) is 39.7 Å². The molecule has 0 radical (unpaired) electrons. The van der Waals surface area contributed by atoms with Gasteiger partial charge in [-0.25, -0.2) is 0 Å². The molecule has 1 aliphatic rings. The minimum Gasteiger partial charge on any atom is -0.328 e. The molecule has 0 saturated heterocycles. The Morgan fingerprint density at radius 3 is 2.33 bits per heavy atom. The molecular weight excluding hydrogens is 278 g/mol. The van der Waals surface area contributed by atoms with Crippen molar-refractivity contribution in [1.82, 2.24) is 0 Å². The summed E-state index contributed by atoms with van der Waals surface area (Å²) in [5, 5.41) is 0.516. The van der Waals surface area contributed by atoms with Crippen LogP contribution in [0.4, 0.5) is 0 Å². The second-order valence-corrected chi connectivity index (χ2v) is 5.53. The van der Waals surface area contributed by atoms with E-state index in [1.54, 1.807) is 6.07 Å². The summed E-state index contributed by atoms with van der Waals surface area (Å²) >= 11 is 7.37. The van der Waals surface area contributed by atoms with Gasteiger partial charge in [-0.2, -0.15) is 12.8 Å². The second-order valence-electron chi connectivity index (χ2n) is 3.75. The van der Waals surface area contributed by atoms with Crippen molar-refractivity contribution in [3.8, 4) is 0 Å². The number of benzene rings is 1. The maximum Gasteiger partial charge on any atom is 1.00 e. The quantitative estimate of drug-likeness (QED) is 0.358. The molecule has 1 nitrogen and oxygen atoms in total. The minimum absolute atomic E-state index is 0. The maximum absolute atomic E-state index is 11.1. The van der Waals surface area contributed by atoms with E-state index in [9.17, 15) is 4.79 Å². The topological polar surface area (TPSA) is 17.1 Å². The van der Waals surface area contributed by atoms with Gasteiger partial charge in [0.1, 0.15) is 0 Å². The van der Waals surface area contributed by atoms with Gasteiger partial charge in [0.25, 0.3) is 0 Å². The van der Waals surface area contributed by atoms with Gasteiger partial charge >= 0.3 is 18.9 Å². The molecule has 0 N–H and O–H groups in total. The van der Waals surface area contributed by atoms with Crippen LogP contribution in [0.2, 0.25) is 5.02 Å². The van der Waals surface area contributed by atoms with Crippen LogP contribution in [0, 0.1) is 6.42 Å². The number of hydrogen-bond donors (Lipinski definition) is 0. The summed E-state index contributed by atoms with van der Waals surface area (Å²) in [6.07, 6.45) is 9.92. The van der Waals surface area contributed by atoms with Crippen molar-refractivity contribution in [3.63, 3.8) is 0 Å². The van der Waals surface area contributed by atoms with Gasteiger partial charge < -0.3 is 6.42 Å². The fourth-order valence-electron chi connectivity index (χ4n) is 1.64. The Morgan fingerprint density at radius 2 is 2.00 bits per heavy atom. The smallest absolute Gasteiger partial charge is 0.328 e. The molecule has 2 rings (SSSR count). The first-order valence-electron chi connectivity index (χ1n) is 5.60. The zero-order valence-electron chi connectivity index (χ0n) is 10.9. The summed E-state index contributed by atoms with van der Waals surface area (Å²) < 4.78 is 0. The number of halogens is 1. The fraction of sp³-hybridized carbons (Fsp3) is 0.385. The van der Waals surface area contributed by atoms with E-state index in [0.717, 1.165) is 4.90 Å². The van der Waals surface area contributed by atoms with Gasteiger partial charge in [-0.3, -0.25) is 4.79 Å². The molecule has 1 aromatic carbocycles. The first-order valence-corrected chi connectivity index (χ1v) is 7.78. The van der Waals surface area contributed by atoms with Crippen LogP contribution >= 0.6 is 32.6 Å². The van der Waals surface area contributed by atoms with E-state index in [1.165, 1.54) is 37.4 Å². The third-order valence-electron chi connectivity index (χ3n) is 2.51. The van der Waals surface area contributed by atoms with E-state index in [1.807, 2.05) is 18.4 Å². The molecule has 18 heavy (non-hydrogen) atoms. The average Bonchev–Trinajstić information content (AvgIpc) is 2.86. The van der Waals surface area contributed by atoms with Gasteiger partial charge in [0.05, 0.1) is 10.6 Å². The first-order chi connectivity index (χ1) is 8.16. The Labute approximate surface area is 133 Å². The monoisotopic (exact) mass is 294 g/mol. The molecule has 0 bridgehead atoms. The van der Waals surface area contributed by atoms with Crippen molar-refractivity contribution < 1.29 is 23.7 Å². The van der Waals surface area contributed by atoms with Gasteiger partial charge in [-0.05, 0) is 18.4 Å². The molecule has 0 amide bonds. The summed E-state index contributed by atoms with van der Waals surface area (Å²) in [6, 6.07) is 5.44. The van der Waals surface area contributed by atoms with Crippen molar-refractivity contribution in [2.45, 2.75) is 30.6 Å². The molecule has 1 unspecified atom stereocenters. The zero-order valence-corrected chi connectivity index (χ0v) is 13.6. The number of thioether (sulfide) groups is 1. The Bertz CT molecular complexity index is 376. The first kappa shape index (κ1) is 18.6. The van der Waals surface area contributed by atoms with Crippen molar-refractivity contribution in [2.24, 2.45) is 0 Å². The molecular formula is C13H17ClLiOPS. The molecule has 94 valence electrons. The minimum atomic E-state index is -0.0649. The summed E-state index contributed by atoms with van der Waals surface area (Å²) in [5.41, 5.74) is 0.529. The summed E-state index contributed by atoms with van der Waals surface area (Å²) in [7, 11) is 2.13. The van der Waals surface area contributed by atoms with E-state index in [-0.39, 0.29) is 24.4 Å². The Balaban J connectivity index is 0.000000405. The van der Waals surface area contributed by atoms with Crippen LogP contribution in [-0.4, -0.2) is 11.8 Å². The number of rotatable bonds is 2. The van der Waals surface area contributed by atoms with Gasteiger partial charge in [0, 0.05) is 4.90 Å². The van der Waals surface area contributed by atoms with Gasteiger partial charge in [0.15, 0.2) is 5.52 Å². The third-order valence-corrected chi connectivity index (χ3v) is 3.89. The Kier molecular flexibility index (Phi) is 10.7. The van der Waals surface area contributed by atoms with E-state index >= 15 is 0 Å². The SMILES string of the molecule is CSc1cccc(Cl)c1C(=O)P.[CH-]1CCCC1.[Li+]. The van der Waals surface area contributed by atoms with E-state index in [0.29, 0.717) is 10.6 Å². The standard InChI is InChI=1S/C8H8ClOPS.C5H9.Li/c1-12-6-4-2-3-5(9)7(6)8(10)11;1-2-4-5-3-1;/h2-4H,11H2,1H3;1H,2-5H2;/q;-1;+1. The third kappa shape index (κ3) is 6.14. The zero-order chi connectivity index (χ0) is 12.7. The van der Waals surface area contributed by atoms with Crippen molar-refractivity contribution >= 4 is 38.1 Å². The van der Waals surface area contributed by atoms with Crippen molar-refractivity contribution in [1.29, 1.82) is 0 Å². The molecule has 0 spiro atoms. The maximum atomic E-state index is 11.1. The normalized spacial score (nSPS) is 13.3. The number of carbonyl (C=O) groups excluding carboxylic acids is 1. The summed E-state index contributed by atoms with van der Waals surface area (Å²) in [6.45, 7) is 0. The Hall–Kier alpha value is 0.557. The van der Waals surface area contributed by atoms with Gasteiger partial charge in [-0.15, -0.1) is 11.8 Å². The van der Waals surface area contributed by atoms with Crippen LogP contribution in [0.1, 0.15) is 36.0 Å². The Morgan fingerprint density at radius 1 is 1.39 bits per heavy atom. The molecule has 1 aromatic rings. The average molecular weight is 295 g/mol. The largest absolute Gasteiger partial charge is 1.00 e. The van der Waals surface area contributed by atoms with Crippen LogP contribution in [0.25, 0.3) is 0 Å². The predicted octanol–water partition coefficient (Wildman–Crippen LogP) is 1.85. The van der Waals surface area contributed by atoms with Crippen LogP contribution in [-0.2, 0) is 0 Å². The molecule has 1 fully saturated rings. The predicted molar refractivity (Wildman–Crippen MR) is 80.0 cm³/mol. The van der Waals surface area contributed by atoms with Gasteiger partial charge in [0.2, 0.25) is 0 Å². The molecule has 5 heteroatoms. The van der Waals surface area contributed by atoms with Crippen molar-refractivity contribution in [2.75, 3.05) is 6.26 Å².